The fraction of sp³-hybridized carbons (Fsp3) is 0.417. The minimum atomic E-state index is -0.0338. The number of benzene rings is 2. The van der Waals surface area contributed by atoms with Crippen LogP contribution in [0.5, 0.6) is 0 Å². The van der Waals surface area contributed by atoms with Gasteiger partial charge in [-0.3, -0.25) is 4.79 Å². The highest BCUT2D eigenvalue weighted by Gasteiger charge is 2.24. The van der Waals surface area contributed by atoms with Crippen LogP contribution < -0.4 is 10.6 Å². The van der Waals surface area contributed by atoms with Gasteiger partial charge in [0.1, 0.15) is 0 Å². The van der Waals surface area contributed by atoms with E-state index < -0.39 is 0 Å². The highest BCUT2D eigenvalue weighted by atomic mass is 32.2. The summed E-state index contributed by atoms with van der Waals surface area (Å²) in [4.78, 5) is 20.6. The molecule has 1 atom stereocenters. The molecule has 5 nitrogen and oxygen atoms in total. The Labute approximate surface area is 184 Å². The van der Waals surface area contributed by atoms with E-state index in [2.05, 4.69) is 52.8 Å². The van der Waals surface area contributed by atoms with Crippen LogP contribution in [0.2, 0.25) is 0 Å². The van der Waals surface area contributed by atoms with E-state index in [-0.39, 0.29) is 5.91 Å². The van der Waals surface area contributed by atoms with Crippen molar-refractivity contribution in [2.75, 3.05) is 31.9 Å². The zero-order valence-corrected chi connectivity index (χ0v) is 18.8. The fourth-order valence-electron chi connectivity index (χ4n) is 3.56. The van der Waals surface area contributed by atoms with Gasteiger partial charge in [-0.2, -0.15) is 0 Å². The van der Waals surface area contributed by atoms with E-state index in [1.165, 1.54) is 11.3 Å². The van der Waals surface area contributed by atoms with Crippen LogP contribution in [-0.4, -0.2) is 48.7 Å². The Morgan fingerprint density at radius 3 is 2.67 bits per heavy atom. The lowest BCUT2D eigenvalue weighted by molar-refractivity contribution is 0.0955. The normalized spacial score (nSPS) is 16.5. The van der Waals surface area contributed by atoms with E-state index in [4.69, 9.17) is 4.99 Å². The molecule has 2 aromatic rings. The van der Waals surface area contributed by atoms with Crippen molar-refractivity contribution in [1.82, 2.24) is 15.5 Å². The number of rotatable bonds is 8. The maximum Gasteiger partial charge on any atom is 0.251 e. The maximum absolute atomic E-state index is 12.1. The van der Waals surface area contributed by atoms with Crippen molar-refractivity contribution in [3.05, 3.63) is 65.7 Å². The molecule has 0 aromatic heterocycles. The lowest BCUT2D eigenvalue weighted by atomic mass is 10.1. The summed E-state index contributed by atoms with van der Waals surface area (Å²) in [6, 6.07) is 18.3. The number of carbonyl (C=O) groups is 1. The number of amides is 1. The van der Waals surface area contributed by atoms with Gasteiger partial charge in [-0.1, -0.05) is 30.3 Å². The molecule has 0 saturated carbocycles. The maximum atomic E-state index is 12.1. The van der Waals surface area contributed by atoms with Crippen molar-refractivity contribution in [1.29, 1.82) is 0 Å². The average molecular weight is 425 g/mol. The smallest absolute Gasteiger partial charge is 0.251 e. The summed E-state index contributed by atoms with van der Waals surface area (Å²) in [5, 5.41) is 6.29. The number of aliphatic imine (C=N–C) groups is 1. The fourth-order valence-corrected chi connectivity index (χ4v) is 4.61. The standard InChI is InChI=1S/C24H32N4OS/c1-3-25-23(29)21-10-8-9-19(15-21)16-27-24(26-4-2)28-14-13-20(17-28)18-30-22-11-6-5-7-12-22/h5-12,15,20H,3-4,13-14,16-18H2,1-2H3,(H,25,29)(H,26,27). The predicted molar refractivity (Wildman–Crippen MR) is 126 cm³/mol. The monoisotopic (exact) mass is 424 g/mol. The summed E-state index contributed by atoms with van der Waals surface area (Å²) >= 11 is 1.94. The zero-order chi connectivity index (χ0) is 21.2. The molecule has 0 spiro atoms. The molecule has 160 valence electrons. The van der Waals surface area contributed by atoms with Crippen molar-refractivity contribution < 1.29 is 4.79 Å². The lowest BCUT2D eigenvalue weighted by Crippen LogP contribution is -2.40. The van der Waals surface area contributed by atoms with Crippen LogP contribution in [-0.2, 0) is 6.54 Å². The van der Waals surface area contributed by atoms with Gasteiger partial charge in [0.2, 0.25) is 0 Å². The van der Waals surface area contributed by atoms with Crippen LogP contribution >= 0.6 is 11.8 Å². The molecule has 0 aliphatic carbocycles. The summed E-state index contributed by atoms with van der Waals surface area (Å²) in [5.74, 6) is 2.73. The van der Waals surface area contributed by atoms with Crippen LogP contribution in [0.1, 0.15) is 36.2 Å². The number of likely N-dealkylation sites (tertiary alicyclic amines) is 1. The molecule has 1 fully saturated rings. The molecule has 6 heteroatoms. The molecular weight excluding hydrogens is 392 g/mol. The lowest BCUT2D eigenvalue weighted by Gasteiger charge is -2.21. The van der Waals surface area contributed by atoms with E-state index in [1.54, 1.807) is 0 Å². The van der Waals surface area contributed by atoms with Crippen molar-refractivity contribution in [2.45, 2.75) is 31.7 Å². The summed E-state index contributed by atoms with van der Waals surface area (Å²) in [6.07, 6.45) is 1.19. The van der Waals surface area contributed by atoms with Crippen molar-refractivity contribution in [2.24, 2.45) is 10.9 Å². The minimum absolute atomic E-state index is 0.0338. The molecule has 1 unspecified atom stereocenters. The Kier molecular flexibility index (Phi) is 8.63. The Hall–Kier alpha value is -2.47. The second-order valence-corrected chi connectivity index (χ2v) is 8.55. The molecule has 1 aliphatic rings. The first kappa shape index (κ1) is 22.2. The van der Waals surface area contributed by atoms with Crippen LogP contribution in [0.15, 0.2) is 64.5 Å². The van der Waals surface area contributed by atoms with Crippen LogP contribution in [0.4, 0.5) is 0 Å². The molecule has 2 N–H and O–H groups in total. The van der Waals surface area contributed by atoms with Crippen LogP contribution in [0.3, 0.4) is 0 Å². The molecule has 1 saturated heterocycles. The Morgan fingerprint density at radius 1 is 1.10 bits per heavy atom. The number of hydrogen-bond donors (Lipinski definition) is 2. The molecule has 1 heterocycles. The van der Waals surface area contributed by atoms with E-state index in [1.807, 2.05) is 43.0 Å². The van der Waals surface area contributed by atoms with Gasteiger partial charge in [-0.05, 0) is 56.0 Å². The number of hydrogen-bond acceptors (Lipinski definition) is 3. The number of thioether (sulfide) groups is 1. The van der Waals surface area contributed by atoms with Gasteiger partial charge in [0.15, 0.2) is 5.96 Å². The van der Waals surface area contributed by atoms with E-state index in [0.29, 0.717) is 24.6 Å². The number of carbonyl (C=O) groups excluding carboxylic acids is 1. The van der Waals surface area contributed by atoms with Crippen molar-refractivity contribution in [3.8, 4) is 0 Å². The minimum Gasteiger partial charge on any atom is -0.357 e. The quantitative estimate of drug-likeness (QED) is 0.382. The van der Waals surface area contributed by atoms with Gasteiger partial charge >= 0.3 is 0 Å². The highest BCUT2D eigenvalue weighted by Crippen LogP contribution is 2.26. The first-order valence-corrected chi connectivity index (χ1v) is 11.8. The third-order valence-corrected chi connectivity index (χ3v) is 6.33. The molecule has 1 amide bonds. The molecule has 30 heavy (non-hydrogen) atoms. The third-order valence-electron chi connectivity index (χ3n) is 5.09. The third kappa shape index (κ3) is 6.52. The van der Waals surface area contributed by atoms with E-state index in [9.17, 15) is 4.79 Å². The SMILES string of the molecule is CCNC(=O)c1cccc(CN=C(NCC)N2CCC(CSc3ccccc3)C2)c1. The predicted octanol–water partition coefficient (Wildman–Crippen LogP) is 4.02. The molecule has 1 aliphatic heterocycles. The molecule has 3 rings (SSSR count). The Morgan fingerprint density at radius 2 is 1.90 bits per heavy atom. The van der Waals surface area contributed by atoms with E-state index in [0.717, 1.165) is 36.9 Å². The molecule has 2 aromatic carbocycles. The first-order chi connectivity index (χ1) is 14.7. The van der Waals surface area contributed by atoms with Crippen LogP contribution in [0.25, 0.3) is 0 Å². The summed E-state index contributed by atoms with van der Waals surface area (Å²) < 4.78 is 0. The second kappa shape index (κ2) is 11.6. The van der Waals surface area contributed by atoms with Crippen molar-refractivity contribution >= 4 is 23.6 Å². The van der Waals surface area contributed by atoms with Gasteiger partial charge in [0, 0.05) is 42.4 Å². The van der Waals surface area contributed by atoms with Gasteiger partial charge in [-0.25, -0.2) is 4.99 Å². The molecule has 0 radical (unpaired) electrons. The summed E-state index contributed by atoms with van der Waals surface area (Å²) in [6.45, 7) is 8.13. The van der Waals surface area contributed by atoms with Gasteiger partial charge in [0.25, 0.3) is 5.91 Å². The van der Waals surface area contributed by atoms with Crippen molar-refractivity contribution in [3.63, 3.8) is 0 Å². The number of nitrogens with zero attached hydrogens (tertiary/aromatic N) is 2. The number of nitrogens with one attached hydrogen (secondary N) is 2. The topological polar surface area (TPSA) is 56.7 Å². The summed E-state index contributed by atoms with van der Waals surface area (Å²) in [5.41, 5.74) is 1.73. The Balaban J connectivity index is 1.58. The Bertz CT molecular complexity index is 840. The van der Waals surface area contributed by atoms with Gasteiger partial charge < -0.3 is 15.5 Å². The summed E-state index contributed by atoms with van der Waals surface area (Å²) in [7, 11) is 0. The largest absolute Gasteiger partial charge is 0.357 e. The van der Waals surface area contributed by atoms with Gasteiger partial charge in [0.05, 0.1) is 6.54 Å². The molecular formula is C24H32N4OS. The molecule has 0 bridgehead atoms. The second-order valence-electron chi connectivity index (χ2n) is 7.45. The first-order valence-electron chi connectivity index (χ1n) is 10.8. The number of guanidine groups is 1. The zero-order valence-electron chi connectivity index (χ0n) is 17.9. The van der Waals surface area contributed by atoms with Gasteiger partial charge in [-0.15, -0.1) is 11.8 Å². The highest BCUT2D eigenvalue weighted by molar-refractivity contribution is 7.99. The average Bonchev–Trinajstić information content (AvgIpc) is 3.25. The van der Waals surface area contributed by atoms with E-state index >= 15 is 0 Å². The van der Waals surface area contributed by atoms with Crippen LogP contribution in [0, 0.1) is 5.92 Å².